The number of hydrogen-bond acceptors (Lipinski definition) is 5. The Hall–Kier alpha value is -3.41. The lowest BCUT2D eigenvalue weighted by Gasteiger charge is -2.20. The van der Waals surface area contributed by atoms with Crippen LogP contribution in [0, 0.1) is 23.7 Å². The monoisotopic (exact) mass is 403 g/mol. The molecule has 2 aliphatic carbocycles. The zero-order valence-corrected chi connectivity index (χ0v) is 16.5. The fourth-order valence-corrected chi connectivity index (χ4v) is 4.93. The number of ketones is 1. The Morgan fingerprint density at radius 1 is 1.00 bits per heavy atom. The maximum absolute atomic E-state index is 13.1. The van der Waals surface area contributed by atoms with Crippen molar-refractivity contribution in [2.24, 2.45) is 23.7 Å². The number of hydrogen-bond donors (Lipinski definition) is 0. The topological polar surface area (TPSA) is 72.9 Å². The number of benzene rings is 2. The molecular formula is C24H21NO5. The van der Waals surface area contributed by atoms with Gasteiger partial charge in [0.1, 0.15) is 11.5 Å². The van der Waals surface area contributed by atoms with E-state index in [0.717, 1.165) is 6.42 Å². The van der Waals surface area contributed by atoms with Gasteiger partial charge in [-0.1, -0.05) is 36.4 Å². The van der Waals surface area contributed by atoms with Crippen LogP contribution in [0.5, 0.6) is 11.5 Å². The fraction of sp³-hybridized carbons (Fsp3) is 0.292. The van der Waals surface area contributed by atoms with E-state index in [2.05, 4.69) is 12.2 Å². The molecule has 6 heteroatoms. The summed E-state index contributed by atoms with van der Waals surface area (Å²) in [6, 6.07) is 13.7. The molecule has 3 aliphatic rings. The second kappa shape index (κ2) is 7.13. The first-order valence-corrected chi connectivity index (χ1v) is 10.0. The second-order valence-electron chi connectivity index (χ2n) is 7.92. The maximum atomic E-state index is 13.1. The summed E-state index contributed by atoms with van der Waals surface area (Å²) < 4.78 is 10.9. The Kier molecular flexibility index (Phi) is 4.42. The van der Waals surface area contributed by atoms with Gasteiger partial charge in [0.2, 0.25) is 11.8 Å². The van der Waals surface area contributed by atoms with Gasteiger partial charge in [-0.05, 0) is 42.5 Å². The Labute approximate surface area is 174 Å². The number of Topliss-reactive ketones (excluding diaryl/α,β-unsaturated/α-hetero) is 1. The molecule has 1 saturated carbocycles. The first-order valence-electron chi connectivity index (χ1n) is 10.0. The number of allylic oxidation sites excluding steroid dienone is 2. The van der Waals surface area contributed by atoms with Crippen molar-refractivity contribution in [3.05, 3.63) is 66.2 Å². The average molecular weight is 403 g/mol. The van der Waals surface area contributed by atoms with Crippen LogP contribution < -0.4 is 14.4 Å². The number of methoxy groups -OCH3 is 1. The first-order chi connectivity index (χ1) is 14.6. The van der Waals surface area contributed by atoms with Crippen molar-refractivity contribution in [1.82, 2.24) is 0 Å². The van der Waals surface area contributed by atoms with E-state index in [9.17, 15) is 14.4 Å². The zero-order valence-electron chi connectivity index (χ0n) is 16.5. The Balaban J connectivity index is 1.37. The third kappa shape index (κ3) is 2.83. The standard InChI is InChI=1S/C24H21NO5/c1-29-17-6-4-5-14(12-17)19(26)13-30-20-8-3-2-7-18(20)25-23(27)21-15-9-10-16(11-15)22(21)24(25)28/h2-10,12,15-16,21-22H,11,13H2,1H3/t15-,16+,21-,22-/m0/s1. The summed E-state index contributed by atoms with van der Waals surface area (Å²) in [7, 11) is 1.54. The lowest BCUT2D eigenvalue weighted by atomic mass is 9.85. The number of carbonyl (C=O) groups excluding carboxylic acids is 3. The Morgan fingerprint density at radius 3 is 2.40 bits per heavy atom. The number of anilines is 1. The van der Waals surface area contributed by atoms with E-state index >= 15 is 0 Å². The predicted octanol–water partition coefficient (Wildman–Crippen LogP) is 3.27. The van der Waals surface area contributed by atoms with Crippen molar-refractivity contribution in [2.45, 2.75) is 6.42 Å². The highest BCUT2D eigenvalue weighted by Gasteiger charge is 2.59. The number of fused-ring (bicyclic) bond motifs is 5. The molecule has 0 unspecified atom stereocenters. The molecule has 152 valence electrons. The van der Waals surface area contributed by atoms with Crippen LogP contribution in [0.1, 0.15) is 16.8 Å². The van der Waals surface area contributed by atoms with Crippen LogP contribution in [0.25, 0.3) is 0 Å². The van der Waals surface area contributed by atoms with Gasteiger partial charge in [-0.25, -0.2) is 4.90 Å². The number of carbonyl (C=O) groups is 3. The number of amides is 2. The van der Waals surface area contributed by atoms with E-state index < -0.39 is 0 Å². The van der Waals surface area contributed by atoms with Gasteiger partial charge in [-0.2, -0.15) is 0 Å². The van der Waals surface area contributed by atoms with E-state index in [1.807, 2.05) is 0 Å². The van der Waals surface area contributed by atoms with Gasteiger partial charge in [0, 0.05) is 5.56 Å². The molecule has 2 bridgehead atoms. The molecule has 6 nitrogen and oxygen atoms in total. The minimum atomic E-state index is -0.279. The molecule has 1 aliphatic heterocycles. The molecule has 0 radical (unpaired) electrons. The lowest BCUT2D eigenvalue weighted by molar-refractivity contribution is -0.123. The van der Waals surface area contributed by atoms with Gasteiger partial charge in [-0.3, -0.25) is 14.4 Å². The third-order valence-corrected chi connectivity index (χ3v) is 6.33. The fourth-order valence-electron chi connectivity index (χ4n) is 4.93. The number of para-hydroxylation sites is 2. The summed E-state index contributed by atoms with van der Waals surface area (Å²) in [5, 5.41) is 0. The number of rotatable bonds is 6. The molecule has 0 N–H and O–H groups in total. The third-order valence-electron chi connectivity index (χ3n) is 6.33. The molecule has 30 heavy (non-hydrogen) atoms. The van der Waals surface area contributed by atoms with Crippen LogP contribution in [0.4, 0.5) is 5.69 Å². The molecular weight excluding hydrogens is 382 g/mol. The molecule has 0 aromatic heterocycles. The van der Waals surface area contributed by atoms with E-state index in [1.165, 1.54) is 12.0 Å². The molecule has 2 aromatic carbocycles. The second-order valence-corrected chi connectivity index (χ2v) is 7.92. The van der Waals surface area contributed by atoms with E-state index in [-0.39, 0.29) is 47.9 Å². The Morgan fingerprint density at radius 2 is 1.70 bits per heavy atom. The summed E-state index contributed by atoms with van der Waals surface area (Å²) in [5.41, 5.74) is 0.872. The molecule has 1 heterocycles. The van der Waals surface area contributed by atoms with Crippen molar-refractivity contribution in [2.75, 3.05) is 18.6 Å². The number of imide groups is 1. The molecule has 2 fully saturated rings. The summed E-state index contributed by atoms with van der Waals surface area (Å²) >= 11 is 0. The van der Waals surface area contributed by atoms with Crippen LogP contribution in [0.3, 0.4) is 0 Å². The highest BCUT2D eigenvalue weighted by Crippen LogP contribution is 2.53. The van der Waals surface area contributed by atoms with Gasteiger partial charge in [0.05, 0.1) is 24.6 Å². The minimum absolute atomic E-state index is 0.143. The summed E-state index contributed by atoms with van der Waals surface area (Å²) in [4.78, 5) is 40.0. The quantitative estimate of drug-likeness (QED) is 0.421. The van der Waals surface area contributed by atoms with Crippen molar-refractivity contribution in [1.29, 1.82) is 0 Å². The van der Waals surface area contributed by atoms with Crippen molar-refractivity contribution in [3.63, 3.8) is 0 Å². The normalized spacial score (nSPS) is 26.2. The molecule has 4 atom stereocenters. The van der Waals surface area contributed by atoms with Crippen molar-refractivity contribution < 1.29 is 23.9 Å². The Bertz CT molecular complexity index is 1040. The van der Waals surface area contributed by atoms with Gasteiger partial charge in [0.25, 0.3) is 0 Å². The largest absolute Gasteiger partial charge is 0.497 e. The van der Waals surface area contributed by atoms with Crippen LogP contribution in [-0.4, -0.2) is 31.3 Å². The summed E-state index contributed by atoms with van der Waals surface area (Å²) in [6.07, 6.45) is 5.01. The van der Waals surface area contributed by atoms with Crippen LogP contribution >= 0.6 is 0 Å². The van der Waals surface area contributed by atoms with E-state index in [4.69, 9.17) is 9.47 Å². The highest BCUT2D eigenvalue weighted by molar-refractivity contribution is 6.23. The SMILES string of the molecule is COc1cccc(C(=O)COc2ccccc2N2C(=O)[C@@H]3[C@@H](C2=O)[C@H]2C=C[C@@H]3C2)c1. The minimum Gasteiger partial charge on any atom is -0.497 e. The summed E-state index contributed by atoms with van der Waals surface area (Å²) in [5.74, 6) is 0.0993. The lowest BCUT2D eigenvalue weighted by Crippen LogP contribution is -2.33. The smallest absolute Gasteiger partial charge is 0.238 e. The predicted molar refractivity (Wildman–Crippen MR) is 109 cm³/mol. The summed E-state index contributed by atoms with van der Waals surface area (Å²) in [6.45, 7) is -0.208. The zero-order chi connectivity index (χ0) is 20.8. The maximum Gasteiger partial charge on any atom is 0.238 e. The molecule has 2 amide bonds. The van der Waals surface area contributed by atoms with Crippen molar-refractivity contribution in [3.8, 4) is 11.5 Å². The van der Waals surface area contributed by atoms with Gasteiger partial charge in [-0.15, -0.1) is 0 Å². The first kappa shape index (κ1) is 18.6. The van der Waals surface area contributed by atoms with Gasteiger partial charge >= 0.3 is 0 Å². The van der Waals surface area contributed by atoms with Gasteiger partial charge in [0.15, 0.2) is 12.4 Å². The molecule has 2 aromatic rings. The molecule has 5 rings (SSSR count). The average Bonchev–Trinajstić information content (AvgIpc) is 3.46. The molecule has 1 saturated heterocycles. The van der Waals surface area contributed by atoms with E-state index in [0.29, 0.717) is 22.7 Å². The van der Waals surface area contributed by atoms with Crippen LogP contribution in [0.2, 0.25) is 0 Å². The van der Waals surface area contributed by atoms with E-state index in [1.54, 1.807) is 48.5 Å². The van der Waals surface area contributed by atoms with Crippen LogP contribution in [-0.2, 0) is 9.59 Å². The van der Waals surface area contributed by atoms with Gasteiger partial charge < -0.3 is 9.47 Å². The number of ether oxygens (including phenoxy) is 2. The number of nitrogens with zero attached hydrogens (tertiary/aromatic N) is 1. The van der Waals surface area contributed by atoms with Crippen LogP contribution in [0.15, 0.2) is 60.7 Å². The molecule has 0 spiro atoms. The van der Waals surface area contributed by atoms with Crippen molar-refractivity contribution >= 4 is 23.3 Å². The highest BCUT2D eigenvalue weighted by atomic mass is 16.5.